The van der Waals surface area contributed by atoms with Crippen LogP contribution in [0.2, 0.25) is 0 Å². The van der Waals surface area contributed by atoms with E-state index in [1.807, 2.05) is 87.5 Å². The maximum absolute atomic E-state index is 13.9. The van der Waals surface area contributed by atoms with Crippen molar-refractivity contribution in [1.29, 1.82) is 0 Å². The second-order valence-corrected chi connectivity index (χ2v) is 12.6. The molecule has 2 atom stereocenters. The zero-order chi connectivity index (χ0) is 33.0. The van der Waals surface area contributed by atoms with E-state index in [1.54, 1.807) is 23.2 Å². The smallest absolute Gasteiger partial charge is 0.258 e. The molecule has 1 saturated heterocycles. The van der Waals surface area contributed by atoms with Crippen molar-refractivity contribution >= 4 is 23.4 Å². The Hall–Kier alpha value is -5.38. The molecule has 3 aliphatic rings. The first-order valence-electron chi connectivity index (χ1n) is 15.8. The van der Waals surface area contributed by atoms with Crippen LogP contribution in [-0.4, -0.2) is 65.0 Å². The van der Waals surface area contributed by atoms with E-state index >= 15 is 0 Å². The van der Waals surface area contributed by atoms with E-state index < -0.39 is 17.7 Å². The van der Waals surface area contributed by atoms with E-state index in [1.165, 1.54) is 6.20 Å². The highest BCUT2D eigenvalue weighted by Crippen LogP contribution is 2.26. The number of carbonyl (C=O) groups excluding carboxylic acids is 3. The summed E-state index contributed by atoms with van der Waals surface area (Å²) in [5.41, 5.74) is 3.89. The number of benzene rings is 3. The number of likely N-dealkylation sites (tertiary alicyclic amines) is 1. The fraction of sp³-hybridized carbons (Fsp3) is 0.297. The topological polar surface area (TPSA) is 122 Å². The van der Waals surface area contributed by atoms with Crippen LogP contribution in [-0.2, 0) is 16.1 Å². The largest absolute Gasteiger partial charge is 0.488 e. The van der Waals surface area contributed by atoms with Crippen molar-refractivity contribution in [2.24, 2.45) is 0 Å². The molecule has 6 bridgehead atoms. The minimum Gasteiger partial charge on any atom is -0.488 e. The van der Waals surface area contributed by atoms with Crippen molar-refractivity contribution in [2.75, 3.05) is 25.0 Å². The minimum absolute atomic E-state index is 0.0746. The number of fused-ring (bicyclic) bond motifs is 7. The molecule has 47 heavy (non-hydrogen) atoms. The summed E-state index contributed by atoms with van der Waals surface area (Å²) in [7, 11) is 0. The van der Waals surface area contributed by atoms with Gasteiger partial charge in [-0.1, -0.05) is 42.0 Å². The van der Waals surface area contributed by atoms with Gasteiger partial charge in [0.25, 0.3) is 11.8 Å². The van der Waals surface area contributed by atoms with Crippen LogP contribution in [0.1, 0.15) is 41.8 Å². The Kier molecular flexibility index (Phi) is 9.10. The Morgan fingerprint density at radius 3 is 2.49 bits per heavy atom. The molecule has 0 unspecified atom stereocenters. The normalized spacial score (nSPS) is 18.5. The van der Waals surface area contributed by atoms with Crippen LogP contribution >= 0.6 is 0 Å². The average Bonchev–Trinajstić information content (AvgIpc) is 3.08. The van der Waals surface area contributed by atoms with E-state index in [0.717, 1.165) is 27.9 Å². The average molecular weight is 634 g/mol. The van der Waals surface area contributed by atoms with Gasteiger partial charge in [-0.3, -0.25) is 19.4 Å². The zero-order valence-electron chi connectivity index (χ0n) is 26.8. The summed E-state index contributed by atoms with van der Waals surface area (Å²) in [6.07, 6.45) is 3.32. The summed E-state index contributed by atoms with van der Waals surface area (Å²) in [6.45, 7) is 6.70. The standard InChI is InChI=1S/C37H39N5O5/c1-24-7-11-29(12-8-24)41-37(2,3)36(45)42-16-15-33-32(22-42)40-35(44)28-17-27(20-38-21-28)26-5-4-6-31(18-26)46-23-34(43)39-19-25-9-13-30(47-33)14-10-25/h4-14,17-18,20-21,32-33,41H,15-16,19,22-23H2,1-3H3,(H,39,43)(H,40,44)/t32-,33+/m1/s1. The van der Waals surface area contributed by atoms with Crippen LogP contribution in [0, 0.1) is 6.92 Å². The molecule has 0 aliphatic carbocycles. The quantitative estimate of drug-likeness (QED) is 0.298. The number of piperidine rings is 1. The predicted octanol–water partition coefficient (Wildman–Crippen LogP) is 4.73. The number of pyridine rings is 1. The van der Waals surface area contributed by atoms with E-state index in [4.69, 9.17) is 9.47 Å². The monoisotopic (exact) mass is 633 g/mol. The molecule has 3 amide bonds. The van der Waals surface area contributed by atoms with Gasteiger partial charge in [0.05, 0.1) is 11.6 Å². The number of ether oxygens (including phenoxy) is 2. The second-order valence-electron chi connectivity index (χ2n) is 12.6. The zero-order valence-corrected chi connectivity index (χ0v) is 26.8. The molecule has 3 N–H and O–H groups in total. The van der Waals surface area contributed by atoms with E-state index in [0.29, 0.717) is 36.6 Å². The lowest BCUT2D eigenvalue weighted by Crippen LogP contribution is -2.61. The van der Waals surface area contributed by atoms with Gasteiger partial charge < -0.3 is 30.3 Å². The van der Waals surface area contributed by atoms with Gasteiger partial charge in [0.1, 0.15) is 23.1 Å². The first kappa shape index (κ1) is 31.6. The maximum Gasteiger partial charge on any atom is 0.258 e. The molecule has 1 aromatic heterocycles. The first-order valence-corrected chi connectivity index (χ1v) is 15.8. The fourth-order valence-electron chi connectivity index (χ4n) is 5.84. The summed E-state index contributed by atoms with van der Waals surface area (Å²) in [5.74, 6) is 0.516. The van der Waals surface area contributed by atoms with Crippen LogP contribution in [0.15, 0.2) is 91.3 Å². The highest BCUT2D eigenvalue weighted by Gasteiger charge is 2.39. The molecule has 4 heterocycles. The number of aromatic nitrogens is 1. The summed E-state index contributed by atoms with van der Waals surface area (Å²) in [6, 6.07) is 24.0. The van der Waals surface area contributed by atoms with Gasteiger partial charge in [0.2, 0.25) is 5.91 Å². The Balaban J connectivity index is 1.27. The molecule has 0 saturated carbocycles. The summed E-state index contributed by atoms with van der Waals surface area (Å²) in [4.78, 5) is 46.3. The number of rotatable bonds is 3. The highest BCUT2D eigenvalue weighted by molar-refractivity contribution is 5.95. The van der Waals surface area contributed by atoms with Gasteiger partial charge in [0, 0.05) is 49.7 Å². The molecular formula is C37H39N5O5. The second kappa shape index (κ2) is 13.5. The number of hydrogen-bond donors (Lipinski definition) is 3. The number of anilines is 1. The molecule has 3 aliphatic heterocycles. The summed E-state index contributed by atoms with van der Waals surface area (Å²) < 4.78 is 12.2. The number of nitrogens with one attached hydrogen (secondary N) is 3. The third kappa shape index (κ3) is 7.71. The molecule has 7 rings (SSSR count). The minimum atomic E-state index is -0.887. The highest BCUT2D eigenvalue weighted by atomic mass is 16.5. The van der Waals surface area contributed by atoms with Crippen molar-refractivity contribution in [3.63, 3.8) is 0 Å². The lowest BCUT2D eigenvalue weighted by Gasteiger charge is -2.42. The molecule has 10 nitrogen and oxygen atoms in total. The molecule has 4 aromatic rings. The lowest BCUT2D eigenvalue weighted by atomic mass is 9.96. The first-order chi connectivity index (χ1) is 22.6. The van der Waals surface area contributed by atoms with Crippen LogP contribution in [0.25, 0.3) is 11.1 Å². The van der Waals surface area contributed by atoms with E-state index in [2.05, 4.69) is 20.9 Å². The van der Waals surface area contributed by atoms with E-state index in [9.17, 15) is 14.4 Å². The van der Waals surface area contributed by atoms with Crippen molar-refractivity contribution in [1.82, 2.24) is 20.5 Å². The number of carbonyl (C=O) groups is 3. The van der Waals surface area contributed by atoms with Crippen molar-refractivity contribution < 1.29 is 23.9 Å². The third-order valence-electron chi connectivity index (χ3n) is 8.43. The molecule has 3 aromatic carbocycles. The number of aryl methyl sites for hydroxylation is 1. The molecule has 1 fully saturated rings. The van der Waals surface area contributed by atoms with Gasteiger partial charge in [0.15, 0.2) is 6.61 Å². The van der Waals surface area contributed by atoms with Gasteiger partial charge in [-0.2, -0.15) is 0 Å². The van der Waals surface area contributed by atoms with Gasteiger partial charge >= 0.3 is 0 Å². The molecular weight excluding hydrogens is 594 g/mol. The van der Waals surface area contributed by atoms with Crippen LogP contribution < -0.4 is 25.4 Å². The number of hydrogen-bond acceptors (Lipinski definition) is 7. The van der Waals surface area contributed by atoms with Crippen LogP contribution in [0.3, 0.4) is 0 Å². The lowest BCUT2D eigenvalue weighted by molar-refractivity contribution is -0.137. The fourth-order valence-corrected chi connectivity index (χ4v) is 5.84. The van der Waals surface area contributed by atoms with Crippen molar-refractivity contribution in [2.45, 2.75) is 51.4 Å². The van der Waals surface area contributed by atoms with Gasteiger partial charge in [-0.15, -0.1) is 0 Å². The number of nitrogens with zero attached hydrogens (tertiary/aromatic N) is 2. The van der Waals surface area contributed by atoms with Crippen LogP contribution in [0.4, 0.5) is 5.69 Å². The summed E-state index contributed by atoms with van der Waals surface area (Å²) in [5, 5.41) is 9.41. The molecule has 242 valence electrons. The predicted molar refractivity (Wildman–Crippen MR) is 179 cm³/mol. The third-order valence-corrected chi connectivity index (χ3v) is 8.43. The molecule has 0 spiro atoms. The Morgan fingerprint density at radius 2 is 1.70 bits per heavy atom. The van der Waals surface area contributed by atoms with Crippen molar-refractivity contribution in [3.8, 4) is 22.6 Å². The SMILES string of the molecule is Cc1ccc(NC(C)(C)C(=O)N2CC[C@@H]3Oc4ccc(cc4)CNC(=O)COc4cccc(c4)-c4cncc(c4)C(=O)N[C@@H]3C2)cc1. The van der Waals surface area contributed by atoms with Gasteiger partial charge in [-0.05, 0) is 74.4 Å². The Bertz CT molecular complexity index is 1760. The van der Waals surface area contributed by atoms with Crippen molar-refractivity contribution in [3.05, 3.63) is 108 Å². The maximum atomic E-state index is 13.9. The van der Waals surface area contributed by atoms with Gasteiger partial charge in [-0.25, -0.2) is 0 Å². The molecule has 10 heteroatoms. The number of amides is 3. The molecule has 0 radical (unpaired) electrons. The Labute approximate surface area is 274 Å². The Morgan fingerprint density at radius 1 is 0.936 bits per heavy atom. The van der Waals surface area contributed by atoms with E-state index in [-0.39, 0.29) is 30.9 Å². The van der Waals surface area contributed by atoms with Crippen LogP contribution in [0.5, 0.6) is 11.5 Å². The summed E-state index contributed by atoms with van der Waals surface area (Å²) >= 11 is 0.